The molecule has 2 N–H and O–H groups in total. The number of aliphatic carboxylic acids is 2. The third-order valence-corrected chi connectivity index (χ3v) is 6.18. The summed E-state index contributed by atoms with van der Waals surface area (Å²) in [6.07, 6.45) is 2.67. The van der Waals surface area contributed by atoms with Gasteiger partial charge in [0.25, 0.3) is 0 Å². The van der Waals surface area contributed by atoms with Crippen LogP contribution in [0, 0.1) is 11.8 Å². The molecule has 1 aliphatic heterocycles. The monoisotopic (exact) mass is 433 g/mol. The maximum Gasteiger partial charge on any atom is 0.309 e. The van der Waals surface area contributed by atoms with Gasteiger partial charge in [-0.3, -0.25) is 4.79 Å². The molecule has 5 nitrogen and oxygen atoms in total. The number of nitrogens with one attached hydrogen (secondary N) is 1. The van der Waals surface area contributed by atoms with Crippen molar-refractivity contribution in [1.29, 1.82) is 0 Å². The standard InChI is InChI=1S/C25H27NO2.C2H4O2/c1-18(2)21-8-5-19(6-9-21)3-4-20-7-10-22-16-26(14-11-24(27)28)17-25(12-13-25)23(22)15-20;1-2(3)4/h5-10,15,18H,11-14,16-17H2,1-2H3,(H,27,28);1H3,(H,3,4). The van der Waals surface area contributed by atoms with E-state index in [2.05, 4.69) is 68.2 Å². The Morgan fingerprint density at radius 3 is 2.25 bits per heavy atom. The average Bonchev–Trinajstić information content (AvgIpc) is 3.50. The number of carboxylic acids is 2. The Morgan fingerprint density at radius 2 is 1.69 bits per heavy atom. The molecular weight excluding hydrogens is 402 g/mol. The number of rotatable bonds is 4. The summed E-state index contributed by atoms with van der Waals surface area (Å²) in [6.45, 7) is 8.07. The minimum Gasteiger partial charge on any atom is -0.550 e. The van der Waals surface area contributed by atoms with Gasteiger partial charge in [-0.05, 0) is 61.1 Å². The van der Waals surface area contributed by atoms with E-state index < -0.39 is 11.9 Å². The van der Waals surface area contributed by atoms with Gasteiger partial charge in [0.05, 0.1) is 19.5 Å². The summed E-state index contributed by atoms with van der Waals surface area (Å²) < 4.78 is 0. The van der Waals surface area contributed by atoms with Crippen molar-refractivity contribution in [3.63, 3.8) is 0 Å². The maximum absolute atomic E-state index is 10.9. The fraction of sp³-hybridized carbons (Fsp3) is 0.407. The summed E-state index contributed by atoms with van der Waals surface area (Å²) in [7, 11) is 0. The number of quaternary nitrogens is 1. The number of carbonyl (C=O) groups is 2. The normalized spacial score (nSPS) is 17.4. The lowest BCUT2D eigenvalue weighted by Gasteiger charge is -2.32. The zero-order valence-electron chi connectivity index (χ0n) is 19.0. The van der Waals surface area contributed by atoms with Crippen molar-refractivity contribution in [2.45, 2.75) is 57.9 Å². The molecule has 168 valence electrons. The van der Waals surface area contributed by atoms with E-state index in [4.69, 9.17) is 15.0 Å². The van der Waals surface area contributed by atoms with Gasteiger partial charge in [-0.2, -0.15) is 0 Å². The molecule has 0 saturated heterocycles. The van der Waals surface area contributed by atoms with Gasteiger partial charge in [0, 0.05) is 28.1 Å². The number of hydrogen-bond acceptors (Lipinski definition) is 3. The van der Waals surface area contributed by atoms with E-state index in [-0.39, 0.29) is 11.8 Å². The second-order valence-electron chi connectivity index (χ2n) is 9.17. The lowest BCUT2D eigenvalue weighted by atomic mass is 9.85. The highest BCUT2D eigenvalue weighted by atomic mass is 16.4. The van der Waals surface area contributed by atoms with Crippen LogP contribution in [-0.4, -0.2) is 30.1 Å². The van der Waals surface area contributed by atoms with Crippen LogP contribution in [0.15, 0.2) is 42.5 Å². The molecule has 0 radical (unpaired) electrons. The predicted molar refractivity (Wildman–Crippen MR) is 121 cm³/mol. The predicted octanol–water partition coefficient (Wildman–Crippen LogP) is 1.87. The summed E-state index contributed by atoms with van der Waals surface area (Å²) in [5, 5.41) is 17.9. The molecule has 0 aromatic heterocycles. The Hall–Kier alpha value is -3.10. The zero-order valence-corrected chi connectivity index (χ0v) is 19.0. The Bertz CT molecular complexity index is 1040. The molecule has 2 aromatic carbocycles. The number of carboxylic acid groups (broad SMARTS) is 2. The zero-order chi connectivity index (χ0) is 23.3. The Labute approximate surface area is 190 Å². The summed E-state index contributed by atoms with van der Waals surface area (Å²) in [4.78, 5) is 21.2. The largest absolute Gasteiger partial charge is 0.550 e. The van der Waals surface area contributed by atoms with Crippen molar-refractivity contribution in [3.8, 4) is 11.8 Å². The summed E-state index contributed by atoms with van der Waals surface area (Å²) >= 11 is 0. The van der Waals surface area contributed by atoms with E-state index in [1.807, 2.05) is 0 Å². The van der Waals surface area contributed by atoms with E-state index in [0.717, 1.165) is 31.1 Å². The van der Waals surface area contributed by atoms with E-state index >= 15 is 0 Å². The molecule has 32 heavy (non-hydrogen) atoms. The van der Waals surface area contributed by atoms with Gasteiger partial charge in [-0.15, -0.1) is 0 Å². The van der Waals surface area contributed by atoms with Gasteiger partial charge in [0.15, 0.2) is 0 Å². The van der Waals surface area contributed by atoms with Crippen molar-refractivity contribution in [2.24, 2.45) is 0 Å². The second-order valence-corrected chi connectivity index (χ2v) is 9.17. The molecule has 1 atom stereocenters. The van der Waals surface area contributed by atoms with Gasteiger partial charge >= 0.3 is 5.97 Å². The number of fused-ring (bicyclic) bond motifs is 2. The van der Waals surface area contributed by atoms with Crippen LogP contribution in [0.2, 0.25) is 0 Å². The Morgan fingerprint density at radius 1 is 1.09 bits per heavy atom. The molecule has 2 aliphatic rings. The van der Waals surface area contributed by atoms with Gasteiger partial charge in [-0.1, -0.05) is 43.9 Å². The molecule has 1 heterocycles. The first-order valence-corrected chi connectivity index (χ1v) is 11.2. The highest BCUT2D eigenvalue weighted by Crippen LogP contribution is 2.49. The molecule has 1 aliphatic carbocycles. The van der Waals surface area contributed by atoms with Crippen LogP contribution in [0.3, 0.4) is 0 Å². The van der Waals surface area contributed by atoms with Gasteiger partial charge in [0.2, 0.25) is 0 Å². The van der Waals surface area contributed by atoms with Gasteiger partial charge < -0.3 is 19.9 Å². The first-order chi connectivity index (χ1) is 15.2. The lowest BCUT2D eigenvalue weighted by Crippen LogP contribution is -3.12. The molecule has 0 bridgehead atoms. The van der Waals surface area contributed by atoms with Crippen LogP contribution in [0.1, 0.15) is 73.8 Å². The summed E-state index contributed by atoms with van der Waals surface area (Å²) in [5.41, 5.74) is 6.55. The summed E-state index contributed by atoms with van der Waals surface area (Å²) in [5.74, 6) is 5.40. The molecule has 5 heteroatoms. The van der Waals surface area contributed by atoms with Crippen molar-refractivity contribution >= 4 is 11.9 Å². The topological polar surface area (TPSA) is 81.9 Å². The molecule has 1 saturated carbocycles. The van der Waals surface area contributed by atoms with Gasteiger partial charge in [0.1, 0.15) is 6.54 Å². The number of hydrogen-bond donors (Lipinski definition) is 2. The van der Waals surface area contributed by atoms with Crippen LogP contribution in [0.5, 0.6) is 0 Å². The fourth-order valence-electron chi connectivity index (χ4n) is 4.36. The SMILES string of the molecule is CC(=O)[O-].CC(C)c1ccc(C#Cc2ccc3c(c2)C2(CC2)C[NH+](CCC(=O)O)C3)cc1. The molecule has 2 aromatic rings. The molecule has 1 unspecified atom stereocenters. The maximum atomic E-state index is 10.9. The highest BCUT2D eigenvalue weighted by molar-refractivity contribution is 5.66. The second kappa shape index (κ2) is 10.0. The number of benzene rings is 2. The third-order valence-electron chi connectivity index (χ3n) is 6.18. The van der Waals surface area contributed by atoms with Crippen LogP contribution in [0.25, 0.3) is 0 Å². The molecule has 1 fully saturated rings. The minimum atomic E-state index is -1.08. The first kappa shape index (κ1) is 23.6. The first-order valence-electron chi connectivity index (χ1n) is 11.2. The van der Waals surface area contributed by atoms with Crippen LogP contribution >= 0.6 is 0 Å². The molecule has 1 spiro atoms. The average molecular weight is 434 g/mol. The third kappa shape index (κ3) is 6.21. The smallest absolute Gasteiger partial charge is 0.309 e. The molecule has 4 rings (SSSR count). The van der Waals surface area contributed by atoms with Crippen molar-refractivity contribution in [2.75, 3.05) is 13.1 Å². The van der Waals surface area contributed by atoms with E-state index in [0.29, 0.717) is 12.5 Å². The van der Waals surface area contributed by atoms with Crippen LogP contribution in [-0.2, 0) is 21.5 Å². The van der Waals surface area contributed by atoms with E-state index in [1.165, 1.54) is 34.4 Å². The van der Waals surface area contributed by atoms with E-state index in [9.17, 15) is 4.79 Å². The molecular formula is C27H31NO4. The van der Waals surface area contributed by atoms with Crippen molar-refractivity contribution in [3.05, 3.63) is 70.3 Å². The fourth-order valence-corrected chi connectivity index (χ4v) is 4.36. The minimum absolute atomic E-state index is 0.250. The van der Waals surface area contributed by atoms with Gasteiger partial charge in [-0.25, -0.2) is 0 Å². The highest BCUT2D eigenvalue weighted by Gasteiger charge is 2.51. The summed E-state index contributed by atoms with van der Waals surface area (Å²) in [6, 6.07) is 15.1. The Kier molecular flexibility index (Phi) is 7.37. The number of carbonyl (C=O) groups excluding carboxylic acids is 1. The van der Waals surface area contributed by atoms with E-state index in [1.54, 1.807) is 0 Å². The lowest BCUT2D eigenvalue weighted by molar-refractivity contribution is -0.918. The Balaban J connectivity index is 0.000000668. The molecule has 0 amide bonds. The quantitative estimate of drug-likeness (QED) is 0.722. The van der Waals surface area contributed by atoms with Crippen molar-refractivity contribution < 1.29 is 24.7 Å². The van der Waals surface area contributed by atoms with Crippen molar-refractivity contribution in [1.82, 2.24) is 0 Å². The van der Waals surface area contributed by atoms with Crippen LogP contribution < -0.4 is 10.0 Å². The van der Waals surface area contributed by atoms with Crippen LogP contribution in [0.4, 0.5) is 0 Å².